The van der Waals surface area contributed by atoms with Crippen molar-refractivity contribution in [3.05, 3.63) is 253 Å². The molecule has 0 atom stereocenters. The van der Waals surface area contributed by atoms with Gasteiger partial charge in [0.05, 0.1) is 11.4 Å². The van der Waals surface area contributed by atoms with Gasteiger partial charge in [-0.15, -0.1) is 0 Å². The molecule has 0 N–H and O–H groups in total. The van der Waals surface area contributed by atoms with E-state index in [4.69, 9.17) is 8.83 Å². The lowest BCUT2D eigenvalue weighted by atomic mass is 9.33. The Kier molecular flexibility index (Phi) is 11.6. The standard InChI is InChI=1S/C78H66BN3O2/c1-76(2,3)56-30-37-60(38-31-56)82-68-40-33-58(78(7,8)9)46-65(68)79-64-45-57(77(4,5)6)32-39-67(64)81(59-34-27-50(28-35-59)73-43-53-18-11-14-23-71(53)83-73)69-47-62(48-70(82)75(69)79)80(66-22-16-20-49-17-10-13-21-63(49)66)61-36-29-51-41-55(26-25-52(51)42-61)74-44-54-19-12-15-24-72(54)84-74/h10-48H,1-9H3. The average Bonchev–Trinajstić information content (AvgIpc) is 0.918. The van der Waals surface area contributed by atoms with Crippen LogP contribution in [0.2, 0.25) is 0 Å². The van der Waals surface area contributed by atoms with Crippen LogP contribution < -0.4 is 31.1 Å². The van der Waals surface area contributed by atoms with E-state index in [0.29, 0.717) is 0 Å². The molecule has 0 saturated heterocycles. The van der Waals surface area contributed by atoms with Crippen LogP contribution in [0.4, 0.5) is 51.2 Å². The molecular weight excluding hydrogens is 1020 g/mol. The number of anilines is 9. The molecule has 5 nitrogen and oxygen atoms in total. The Morgan fingerprint density at radius 2 is 0.821 bits per heavy atom. The van der Waals surface area contributed by atoms with Crippen LogP contribution in [-0.2, 0) is 16.2 Å². The summed E-state index contributed by atoms with van der Waals surface area (Å²) < 4.78 is 12.9. The van der Waals surface area contributed by atoms with E-state index in [1.54, 1.807) is 0 Å². The van der Waals surface area contributed by atoms with Crippen LogP contribution in [-0.4, -0.2) is 6.71 Å². The number of fused-ring (bicyclic) bond motifs is 8. The summed E-state index contributed by atoms with van der Waals surface area (Å²) in [5.41, 5.74) is 21.4. The highest BCUT2D eigenvalue weighted by atomic mass is 16.3. The normalized spacial score (nSPS) is 13.2. The third-order valence-corrected chi connectivity index (χ3v) is 17.7. The molecule has 6 heteroatoms. The van der Waals surface area contributed by atoms with Gasteiger partial charge in [-0.2, -0.15) is 0 Å². The minimum absolute atomic E-state index is 0.0210. The molecule has 11 aromatic carbocycles. The summed E-state index contributed by atoms with van der Waals surface area (Å²) in [7, 11) is 0. The van der Waals surface area contributed by atoms with E-state index in [0.717, 1.165) is 106 Å². The van der Waals surface area contributed by atoms with Gasteiger partial charge in [-0.05, 0) is 175 Å². The summed E-state index contributed by atoms with van der Waals surface area (Å²) in [6, 6.07) is 87.8. The quantitative estimate of drug-likeness (QED) is 0.149. The van der Waals surface area contributed by atoms with Crippen molar-refractivity contribution < 1.29 is 8.83 Å². The van der Waals surface area contributed by atoms with E-state index in [1.165, 1.54) is 44.2 Å². The van der Waals surface area contributed by atoms with Gasteiger partial charge in [0.15, 0.2) is 0 Å². The highest BCUT2D eigenvalue weighted by Gasteiger charge is 2.45. The molecule has 0 bridgehead atoms. The van der Waals surface area contributed by atoms with Gasteiger partial charge in [-0.3, -0.25) is 0 Å². The third kappa shape index (κ3) is 8.60. The topological polar surface area (TPSA) is 36.0 Å². The van der Waals surface area contributed by atoms with Crippen LogP contribution in [0.25, 0.3) is 66.1 Å². The van der Waals surface area contributed by atoms with E-state index >= 15 is 0 Å². The molecule has 2 aliphatic heterocycles. The Bertz CT molecular complexity index is 4680. The number of hydrogen-bond donors (Lipinski definition) is 0. The third-order valence-electron chi connectivity index (χ3n) is 17.7. The second-order valence-corrected chi connectivity index (χ2v) is 26.3. The van der Waals surface area contributed by atoms with Gasteiger partial charge < -0.3 is 23.5 Å². The van der Waals surface area contributed by atoms with Crippen molar-refractivity contribution in [3.63, 3.8) is 0 Å². The maximum atomic E-state index is 6.49. The number of rotatable bonds is 7. The first-order valence-electron chi connectivity index (χ1n) is 29.6. The van der Waals surface area contributed by atoms with Gasteiger partial charge in [0, 0.05) is 67.1 Å². The number of hydrogen-bond acceptors (Lipinski definition) is 5. The van der Waals surface area contributed by atoms with Gasteiger partial charge >= 0.3 is 0 Å². The molecule has 0 fully saturated rings. The molecule has 84 heavy (non-hydrogen) atoms. The fourth-order valence-corrected chi connectivity index (χ4v) is 13.1. The highest BCUT2D eigenvalue weighted by molar-refractivity contribution is 7.00. The molecule has 2 aromatic heterocycles. The summed E-state index contributed by atoms with van der Waals surface area (Å²) in [4.78, 5) is 7.61. The minimum Gasteiger partial charge on any atom is -0.456 e. The lowest BCUT2D eigenvalue weighted by molar-refractivity contribution is 0.590. The molecule has 0 unspecified atom stereocenters. The summed E-state index contributed by atoms with van der Waals surface area (Å²) >= 11 is 0. The fraction of sp³-hybridized carbons (Fsp3) is 0.154. The number of para-hydroxylation sites is 2. The summed E-state index contributed by atoms with van der Waals surface area (Å²) in [5, 5.41) is 6.80. The number of nitrogens with zero attached hydrogens (tertiary/aromatic N) is 3. The summed E-state index contributed by atoms with van der Waals surface area (Å²) in [6.45, 7) is 20.8. The Morgan fingerprint density at radius 3 is 1.39 bits per heavy atom. The maximum Gasteiger partial charge on any atom is 0.252 e. The van der Waals surface area contributed by atoms with E-state index in [1.807, 2.05) is 24.3 Å². The lowest BCUT2D eigenvalue weighted by Gasteiger charge is -2.45. The smallest absolute Gasteiger partial charge is 0.252 e. The summed E-state index contributed by atoms with van der Waals surface area (Å²) in [5.74, 6) is 1.71. The van der Waals surface area contributed by atoms with Crippen LogP contribution >= 0.6 is 0 Å². The van der Waals surface area contributed by atoms with Crippen molar-refractivity contribution in [2.24, 2.45) is 0 Å². The van der Waals surface area contributed by atoms with E-state index in [-0.39, 0.29) is 23.0 Å². The first kappa shape index (κ1) is 51.4. The van der Waals surface area contributed by atoms with Crippen LogP contribution in [0, 0.1) is 0 Å². The Morgan fingerprint density at radius 1 is 0.345 bits per heavy atom. The van der Waals surface area contributed by atoms with E-state index < -0.39 is 0 Å². The van der Waals surface area contributed by atoms with Gasteiger partial charge in [0.2, 0.25) is 0 Å². The molecule has 0 spiro atoms. The molecular formula is C78H66BN3O2. The highest BCUT2D eigenvalue weighted by Crippen LogP contribution is 2.50. The zero-order chi connectivity index (χ0) is 57.4. The predicted octanol–water partition coefficient (Wildman–Crippen LogP) is 20.3. The van der Waals surface area contributed by atoms with Crippen molar-refractivity contribution in [2.45, 2.75) is 78.6 Å². The zero-order valence-corrected chi connectivity index (χ0v) is 49.3. The monoisotopic (exact) mass is 1090 g/mol. The van der Waals surface area contributed by atoms with Crippen molar-refractivity contribution in [1.82, 2.24) is 0 Å². The van der Waals surface area contributed by atoms with E-state index in [9.17, 15) is 0 Å². The summed E-state index contributed by atoms with van der Waals surface area (Å²) in [6.07, 6.45) is 0. The molecule has 0 amide bonds. The van der Waals surface area contributed by atoms with Gasteiger partial charge in [0.25, 0.3) is 6.71 Å². The SMILES string of the molecule is CC(C)(C)c1ccc(N2c3ccc(C(C)(C)C)cc3B3c4cc(C(C)(C)C)ccc4N(c4ccc(-c5cc6ccccc6o5)cc4)c4cc(N(c5ccc6cc(-c7cc8ccccc8o7)ccc6c5)c5cccc6ccccc56)cc2c43)cc1. The second-order valence-electron chi connectivity index (χ2n) is 26.3. The average molecular weight is 1090 g/mol. The Hall–Kier alpha value is -9.52. The first-order chi connectivity index (χ1) is 40.5. The van der Waals surface area contributed by atoms with Crippen molar-refractivity contribution >= 4 is 118 Å². The largest absolute Gasteiger partial charge is 0.456 e. The molecule has 408 valence electrons. The molecule has 0 saturated carbocycles. The minimum atomic E-state index is -0.0968. The zero-order valence-electron chi connectivity index (χ0n) is 49.3. The Labute approximate surface area is 493 Å². The van der Waals surface area contributed by atoms with Crippen molar-refractivity contribution in [2.75, 3.05) is 14.7 Å². The first-order valence-corrected chi connectivity index (χ1v) is 29.6. The van der Waals surface area contributed by atoms with Crippen LogP contribution in [0.15, 0.2) is 245 Å². The van der Waals surface area contributed by atoms with Crippen LogP contribution in [0.5, 0.6) is 0 Å². The number of furan rings is 2. The van der Waals surface area contributed by atoms with Gasteiger partial charge in [-0.25, -0.2) is 0 Å². The Balaban J connectivity index is 1.01. The molecule has 15 rings (SSSR count). The maximum absolute atomic E-state index is 6.49. The fourth-order valence-electron chi connectivity index (χ4n) is 13.1. The molecule has 0 aliphatic carbocycles. The molecule has 0 radical (unpaired) electrons. The number of benzene rings is 11. The van der Waals surface area contributed by atoms with Crippen LogP contribution in [0.3, 0.4) is 0 Å². The van der Waals surface area contributed by atoms with Crippen LogP contribution in [0.1, 0.15) is 79.0 Å². The predicted molar refractivity (Wildman–Crippen MR) is 357 cm³/mol. The molecule has 4 heterocycles. The van der Waals surface area contributed by atoms with Crippen molar-refractivity contribution in [1.29, 1.82) is 0 Å². The van der Waals surface area contributed by atoms with Crippen molar-refractivity contribution in [3.8, 4) is 22.6 Å². The second kappa shape index (κ2) is 19.0. The lowest BCUT2D eigenvalue weighted by Crippen LogP contribution is -2.61. The van der Waals surface area contributed by atoms with Gasteiger partial charge in [0.1, 0.15) is 22.7 Å². The van der Waals surface area contributed by atoms with E-state index in [2.05, 4.69) is 289 Å². The molecule has 2 aliphatic rings. The molecule has 13 aromatic rings. The van der Waals surface area contributed by atoms with Gasteiger partial charge in [-0.1, -0.05) is 190 Å².